The monoisotopic (exact) mass is 371 g/mol. The molecule has 27 heavy (non-hydrogen) atoms. The molecular formula is C20H22FN3O3. The number of hydrogen-bond donors (Lipinski definition) is 2. The lowest BCUT2D eigenvalue weighted by Crippen LogP contribution is -2.41. The van der Waals surface area contributed by atoms with E-state index in [0.29, 0.717) is 31.1 Å². The summed E-state index contributed by atoms with van der Waals surface area (Å²) in [6.07, 6.45) is 0. The van der Waals surface area contributed by atoms with Gasteiger partial charge in [-0.1, -0.05) is 12.1 Å². The van der Waals surface area contributed by atoms with Crippen molar-refractivity contribution in [3.63, 3.8) is 0 Å². The minimum Gasteiger partial charge on any atom is -0.379 e. The van der Waals surface area contributed by atoms with Gasteiger partial charge in [-0.15, -0.1) is 0 Å². The molecule has 2 aromatic rings. The minimum atomic E-state index is -0.571. The van der Waals surface area contributed by atoms with Gasteiger partial charge in [0.2, 0.25) is 5.91 Å². The van der Waals surface area contributed by atoms with Crippen molar-refractivity contribution in [2.24, 2.45) is 0 Å². The van der Waals surface area contributed by atoms with Gasteiger partial charge in [0, 0.05) is 24.5 Å². The van der Waals surface area contributed by atoms with Crippen LogP contribution in [0, 0.1) is 12.7 Å². The molecule has 0 spiro atoms. The maximum absolute atomic E-state index is 13.7. The lowest BCUT2D eigenvalue weighted by molar-refractivity contribution is -0.118. The molecule has 3 rings (SSSR count). The highest BCUT2D eigenvalue weighted by Crippen LogP contribution is 2.21. The molecule has 1 heterocycles. The van der Waals surface area contributed by atoms with Crippen molar-refractivity contribution in [1.82, 2.24) is 4.90 Å². The predicted octanol–water partition coefficient (Wildman–Crippen LogP) is 2.66. The Bertz CT molecular complexity index is 835. The van der Waals surface area contributed by atoms with Gasteiger partial charge in [0.05, 0.1) is 25.3 Å². The van der Waals surface area contributed by atoms with Crippen LogP contribution >= 0.6 is 0 Å². The van der Waals surface area contributed by atoms with E-state index >= 15 is 0 Å². The highest BCUT2D eigenvalue weighted by Gasteiger charge is 2.15. The number of hydrogen-bond acceptors (Lipinski definition) is 4. The first-order chi connectivity index (χ1) is 13.0. The van der Waals surface area contributed by atoms with Crippen LogP contribution in [0.25, 0.3) is 0 Å². The Labute approximate surface area is 157 Å². The molecule has 1 aliphatic heterocycles. The van der Waals surface area contributed by atoms with E-state index in [1.807, 2.05) is 11.8 Å². The predicted molar refractivity (Wildman–Crippen MR) is 101 cm³/mol. The van der Waals surface area contributed by atoms with Gasteiger partial charge >= 0.3 is 0 Å². The molecule has 0 atom stereocenters. The van der Waals surface area contributed by atoms with Gasteiger partial charge in [-0.2, -0.15) is 0 Å². The summed E-state index contributed by atoms with van der Waals surface area (Å²) in [6.45, 7) is 4.92. The fourth-order valence-electron chi connectivity index (χ4n) is 2.88. The smallest absolute Gasteiger partial charge is 0.258 e. The summed E-state index contributed by atoms with van der Waals surface area (Å²) in [5, 5.41) is 5.56. The summed E-state index contributed by atoms with van der Waals surface area (Å²) in [7, 11) is 0. The number of halogens is 1. The molecule has 6 nitrogen and oxygen atoms in total. The van der Waals surface area contributed by atoms with Crippen molar-refractivity contribution in [3.8, 4) is 0 Å². The molecule has 0 unspecified atom stereocenters. The molecule has 2 N–H and O–H groups in total. The number of carbonyl (C=O) groups excluding carboxylic acids is 2. The van der Waals surface area contributed by atoms with Crippen molar-refractivity contribution in [2.45, 2.75) is 6.92 Å². The van der Waals surface area contributed by atoms with E-state index in [2.05, 4.69) is 10.6 Å². The first-order valence-electron chi connectivity index (χ1n) is 8.79. The molecule has 142 valence electrons. The summed E-state index contributed by atoms with van der Waals surface area (Å²) in [5.41, 5.74) is 2.00. The number of rotatable bonds is 5. The molecule has 7 heteroatoms. The number of nitrogens with one attached hydrogen (secondary N) is 2. The van der Waals surface area contributed by atoms with Crippen LogP contribution in [0.5, 0.6) is 0 Å². The summed E-state index contributed by atoms with van der Waals surface area (Å²) >= 11 is 0. The van der Waals surface area contributed by atoms with Crippen LogP contribution in [0.2, 0.25) is 0 Å². The second-order valence-corrected chi connectivity index (χ2v) is 6.40. The molecule has 1 aliphatic rings. The van der Waals surface area contributed by atoms with E-state index in [1.54, 1.807) is 24.3 Å². The summed E-state index contributed by atoms with van der Waals surface area (Å²) in [6, 6.07) is 11.0. The van der Waals surface area contributed by atoms with Crippen molar-refractivity contribution in [3.05, 3.63) is 59.4 Å². The zero-order valence-corrected chi connectivity index (χ0v) is 15.1. The molecule has 2 aromatic carbocycles. The third-order valence-electron chi connectivity index (χ3n) is 4.35. The Morgan fingerprint density at radius 3 is 2.56 bits per heavy atom. The second-order valence-electron chi connectivity index (χ2n) is 6.40. The van der Waals surface area contributed by atoms with Gasteiger partial charge in [0.25, 0.3) is 5.91 Å². The van der Waals surface area contributed by atoms with Crippen LogP contribution < -0.4 is 10.6 Å². The van der Waals surface area contributed by atoms with Crippen molar-refractivity contribution < 1.29 is 18.7 Å². The van der Waals surface area contributed by atoms with Gasteiger partial charge in [0.1, 0.15) is 5.82 Å². The van der Waals surface area contributed by atoms with Gasteiger partial charge in [-0.05, 0) is 42.8 Å². The summed E-state index contributed by atoms with van der Waals surface area (Å²) in [4.78, 5) is 26.4. The third kappa shape index (κ3) is 5.12. The fraction of sp³-hybridized carbons (Fsp3) is 0.300. The number of anilines is 2. The minimum absolute atomic E-state index is 0.0157. The molecular weight excluding hydrogens is 349 g/mol. The first kappa shape index (κ1) is 19.0. The van der Waals surface area contributed by atoms with Gasteiger partial charge in [-0.25, -0.2) is 4.39 Å². The Morgan fingerprint density at radius 1 is 1.11 bits per heavy atom. The normalized spacial score (nSPS) is 14.6. The van der Waals surface area contributed by atoms with Gasteiger partial charge in [-0.3, -0.25) is 14.5 Å². The second kappa shape index (κ2) is 8.75. The van der Waals surface area contributed by atoms with E-state index in [4.69, 9.17) is 4.74 Å². The largest absolute Gasteiger partial charge is 0.379 e. The SMILES string of the molecule is Cc1cc(NC(=O)c2ccccc2F)ccc1NC(=O)CN1CCOCC1. The van der Waals surface area contributed by atoms with Crippen LogP contribution in [0.15, 0.2) is 42.5 Å². The van der Waals surface area contributed by atoms with E-state index < -0.39 is 11.7 Å². The number of amides is 2. The van der Waals surface area contributed by atoms with E-state index in [9.17, 15) is 14.0 Å². The number of carbonyl (C=O) groups is 2. The molecule has 0 aromatic heterocycles. The number of morpholine rings is 1. The van der Waals surface area contributed by atoms with Crippen LogP contribution in [-0.4, -0.2) is 49.6 Å². The molecule has 0 aliphatic carbocycles. The molecule has 0 saturated carbocycles. The molecule has 0 bridgehead atoms. The van der Waals surface area contributed by atoms with Crippen LogP contribution in [0.3, 0.4) is 0 Å². The number of benzene rings is 2. The van der Waals surface area contributed by atoms with E-state index in [0.717, 1.165) is 18.7 Å². The highest BCUT2D eigenvalue weighted by molar-refractivity contribution is 6.04. The molecule has 0 radical (unpaired) electrons. The first-order valence-corrected chi connectivity index (χ1v) is 8.79. The van der Waals surface area contributed by atoms with Gasteiger partial charge in [0.15, 0.2) is 0 Å². The Morgan fingerprint density at radius 2 is 1.85 bits per heavy atom. The van der Waals surface area contributed by atoms with E-state index in [1.165, 1.54) is 18.2 Å². The van der Waals surface area contributed by atoms with E-state index in [-0.39, 0.29) is 11.5 Å². The number of aryl methyl sites for hydroxylation is 1. The lowest BCUT2D eigenvalue weighted by atomic mass is 10.1. The Balaban J connectivity index is 1.60. The van der Waals surface area contributed by atoms with Crippen molar-refractivity contribution in [1.29, 1.82) is 0 Å². The van der Waals surface area contributed by atoms with Gasteiger partial charge < -0.3 is 15.4 Å². The number of nitrogens with zero attached hydrogens (tertiary/aromatic N) is 1. The highest BCUT2D eigenvalue weighted by atomic mass is 19.1. The third-order valence-corrected chi connectivity index (χ3v) is 4.35. The van der Waals surface area contributed by atoms with Crippen molar-refractivity contribution in [2.75, 3.05) is 43.5 Å². The average Bonchev–Trinajstić information content (AvgIpc) is 2.65. The van der Waals surface area contributed by atoms with Crippen LogP contribution in [0.4, 0.5) is 15.8 Å². The topological polar surface area (TPSA) is 70.7 Å². The average molecular weight is 371 g/mol. The zero-order chi connectivity index (χ0) is 19.2. The lowest BCUT2D eigenvalue weighted by Gasteiger charge is -2.25. The maximum Gasteiger partial charge on any atom is 0.258 e. The molecule has 1 fully saturated rings. The quantitative estimate of drug-likeness (QED) is 0.848. The fourth-order valence-corrected chi connectivity index (χ4v) is 2.88. The standard InChI is InChI=1S/C20H22FN3O3/c1-14-12-15(22-20(26)16-4-2-3-5-17(16)21)6-7-18(14)23-19(25)13-24-8-10-27-11-9-24/h2-7,12H,8-11,13H2,1H3,(H,22,26)(H,23,25). The van der Waals surface area contributed by atoms with Crippen LogP contribution in [-0.2, 0) is 9.53 Å². The van der Waals surface area contributed by atoms with Crippen molar-refractivity contribution >= 4 is 23.2 Å². The van der Waals surface area contributed by atoms with Crippen LogP contribution in [0.1, 0.15) is 15.9 Å². The Kier molecular flexibility index (Phi) is 6.16. The maximum atomic E-state index is 13.7. The summed E-state index contributed by atoms with van der Waals surface area (Å²) in [5.74, 6) is -1.18. The number of ether oxygens (including phenoxy) is 1. The zero-order valence-electron chi connectivity index (χ0n) is 15.1. The Hall–Kier alpha value is -2.77. The molecule has 1 saturated heterocycles. The summed E-state index contributed by atoms with van der Waals surface area (Å²) < 4.78 is 19.0. The molecule has 2 amide bonds.